The topological polar surface area (TPSA) is 26.3 Å². The fraction of sp³-hybridized carbons (Fsp3) is 0.850. The second kappa shape index (κ2) is 18.3. The normalized spacial score (nSPS) is 11.2. The van der Waals surface area contributed by atoms with Crippen LogP contribution in [0.15, 0.2) is 12.2 Å². The molecule has 0 fully saturated rings. The Morgan fingerprint density at radius 2 is 1.18 bits per heavy atom. The summed E-state index contributed by atoms with van der Waals surface area (Å²) in [4.78, 5) is 10.6. The van der Waals surface area contributed by atoms with Gasteiger partial charge in [0.1, 0.15) is 0 Å². The van der Waals surface area contributed by atoms with E-state index in [0.717, 1.165) is 6.42 Å². The van der Waals surface area contributed by atoms with Gasteiger partial charge in [-0.05, 0) is 32.1 Å². The third-order valence-corrected chi connectivity index (χ3v) is 3.96. The Morgan fingerprint density at radius 3 is 1.68 bits per heavy atom. The van der Waals surface area contributed by atoms with Gasteiger partial charge in [-0.15, -0.1) is 0 Å². The highest BCUT2D eigenvalue weighted by Crippen LogP contribution is 2.10. The summed E-state index contributed by atoms with van der Waals surface area (Å²) in [6.07, 6.45) is 23.0. The second-order valence-electron chi connectivity index (χ2n) is 6.28. The summed E-state index contributed by atoms with van der Waals surface area (Å²) in [6, 6.07) is 0. The van der Waals surface area contributed by atoms with Crippen molar-refractivity contribution in [3.63, 3.8) is 0 Å². The molecular weight excluding hydrogens is 272 g/mol. The summed E-state index contributed by atoms with van der Waals surface area (Å²) in [5.41, 5.74) is 0. The minimum Gasteiger partial charge on any atom is -0.466 e. The lowest BCUT2D eigenvalue weighted by molar-refractivity contribution is -0.141. The van der Waals surface area contributed by atoms with Crippen molar-refractivity contribution in [3.8, 4) is 0 Å². The quantitative estimate of drug-likeness (QED) is 0.183. The summed E-state index contributed by atoms with van der Waals surface area (Å²) in [6.45, 7) is 4.33. The van der Waals surface area contributed by atoms with Crippen molar-refractivity contribution in [1.29, 1.82) is 0 Å². The zero-order chi connectivity index (χ0) is 16.3. The smallest absolute Gasteiger partial charge is 0.302 e. The fourth-order valence-corrected chi connectivity index (χ4v) is 2.57. The first-order valence-corrected chi connectivity index (χ1v) is 9.55. The summed E-state index contributed by atoms with van der Waals surface area (Å²) in [5, 5.41) is 0. The van der Waals surface area contributed by atoms with Crippen molar-refractivity contribution in [3.05, 3.63) is 12.2 Å². The van der Waals surface area contributed by atoms with Gasteiger partial charge in [-0.2, -0.15) is 0 Å². The Hall–Kier alpha value is -0.790. The molecule has 0 rings (SSSR count). The molecule has 0 N–H and O–H groups in total. The molecule has 0 heterocycles. The zero-order valence-corrected chi connectivity index (χ0v) is 15.1. The zero-order valence-electron chi connectivity index (χ0n) is 15.1. The summed E-state index contributed by atoms with van der Waals surface area (Å²) in [5.74, 6) is -0.161. The van der Waals surface area contributed by atoms with Gasteiger partial charge in [-0.1, -0.05) is 76.9 Å². The molecule has 130 valence electrons. The predicted molar refractivity (Wildman–Crippen MR) is 96.1 cm³/mol. The minimum absolute atomic E-state index is 0.161. The Kier molecular flexibility index (Phi) is 17.6. The molecule has 0 spiro atoms. The first kappa shape index (κ1) is 21.2. The largest absolute Gasteiger partial charge is 0.466 e. The van der Waals surface area contributed by atoms with Crippen molar-refractivity contribution < 1.29 is 9.53 Å². The number of carbonyl (C=O) groups is 1. The molecule has 2 heteroatoms. The van der Waals surface area contributed by atoms with Crippen LogP contribution in [0.25, 0.3) is 0 Å². The number of rotatable bonds is 16. The van der Waals surface area contributed by atoms with Gasteiger partial charge in [0.25, 0.3) is 0 Å². The molecule has 0 unspecified atom stereocenters. The maximum atomic E-state index is 10.6. The number of hydrogen-bond acceptors (Lipinski definition) is 2. The van der Waals surface area contributed by atoms with Crippen LogP contribution in [0.5, 0.6) is 0 Å². The third-order valence-electron chi connectivity index (χ3n) is 3.96. The van der Waals surface area contributed by atoms with Gasteiger partial charge in [-0.25, -0.2) is 0 Å². The summed E-state index contributed by atoms with van der Waals surface area (Å²) < 4.78 is 4.91. The van der Waals surface area contributed by atoms with E-state index in [1.807, 2.05) is 0 Å². The standard InChI is InChI=1S/C20H38O2/c1-3-4-5-6-7-8-9-10-11-12-13-14-15-16-17-18-19-22-20(2)21/h11-12H,3-10,13-19H2,1-2H3. The SMILES string of the molecule is CCCCCCCCCC=CCCCCCCCOC(C)=O. The third kappa shape index (κ3) is 19.2. The highest BCUT2D eigenvalue weighted by atomic mass is 16.5. The summed E-state index contributed by atoms with van der Waals surface area (Å²) in [7, 11) is 0. The molecule has 0 saturated heterocycles. The monoisotopic (exact) mass is 310 g/mol. The average molecular weight is 311 g/mol. The van der Waals surface area contributed by atoms with Crippen LogP contribution in [0.1, 0.15) is 104 Å². The molecule has 0 radical (unpaired) electrons. The minimum atomic E-state index is -0.161. The molecule has 0 aliphatic rings. The lowest BCUT2D eigenvalue weighted by atomic mass is 10.1. The van der Waals surface area contributed by atoms with Crippen LogP contribution in [0, 0.1) is 0 Å². The highest BCUT2D eigenvalue weighted by molar-refractivity contribution is 5.65. The molecule has 0 aromatic heterocycles. The molecule has 0 aliphatic carbocycles. The van der Waals surface area contributed by atoms with E-state index in [0.29, 0.717) is 6.61 Å². The molecular formula is C20H38O2. The molecule has 0 aromatic carbocycles. The molecule has 0 aromatic rings. The first-order valence-electron chi connectivity index (χ1n) is 9.55. The second-order valence-corrected chi connectivity index (χ2v) is 6.28. The molecule has 22 heavy (non-hydrogen) atoms. The van der Waals surface area contributed by atoms with Gasteiger partial charge in [0, 0.05) is 6.92 Å². The number of unbranched alkanes of at least 4 members (excludes halogenated alkanes) is 12. The Balaban J connectivity index is 3.07. The number of esters is 1. The summed E-state index contributed by atoms with van der Waals surface area (Å²) >= 11 is 0. The number of allylic oxidation sites excluding steroid dienone is 2. The van der Waals surface area contributed by atoms with Gasteiger partial charge < -0.3 is 4.74 Å². The van der Waals surface area contributed by atoms with Crippen molar-refractivity contribution in [1.82, 2.24) is 0 Å². The van der Waals surface area contributed by atoms with Crippen molar-refractivity contribution in [2.24, 2.45) is 0 Å². The lowest BCUT2D eigenvalue weighted by Crippen LogP contribution is -1.99. The van der Waals surface area contributed by atoms with Crippen molar-refractivity contribution in [2.45, 2.75) is 104 Å². The van der Waals surface area contributed by atoms with E-state index in [1.165, 1.54) is 90.4 Å². The average Bonchev–Trinajstić information content (AvgIpc) is 2.50. The highest BCUT2D eigenvalue weighted by Gasteiger charge is 1.93. The fourth-order valence-electron chi connectivity index (χ4n) is 2.57. The van der Waals surface area contributed by atoms with Crippen LogP contribution < -0.4 is 0 Å². The van der Waals surface area contributed by atoms with Crippen LogP contribution in [-0.4, -0.2) is 12.6 Å². The molecule has 0 atom stereocenters. The van der Waals surface area contributed by atoms with Gasteiger partial charge in [0.2, 0.25) is 0 Å². The van der Waals surface area contributed by atoms with Crippen LogP contribution in [0.2, 0.25) is 0 Å². The molecule has 0 amide bonds. The molecule has 0 aliphatic heterocycles. The molecule has 2 nitrogen and oxygen atoms in total. The molecule has 0 saturated carbocycles. The van der Waals surface area contributed by atoms with E-state index >= 15 is 0 Å². The van der Waals surface area contributed by atoms with Crippen molar-refractivity contribution >= 4 is 5.97 Å². The number of hydrogen-bond donors (Lipinski definition) is 0. The van der Waals surface area contributed by atoms with Gasteiger partial charge >= 0.3 is 5.97 Å². The van der Waals surface area contributed by atoms with E-state index in [9.17, 15) is 4.79 Å². The van der Waals surface area contributed by atoms with E-state index in [2.05, 4.69) is 19.1 Å². The van der Waals surface area contributed by atoms with E-state index in [4.69, 9.17) is 4.74 Å². The Morgan fingerprint density at radius 1 is 0.727 bits per heavy atom. The molecule has 0 bridgehead atoms. The number of ether oxygens (including phenoxy) is 1. The van der Waals surface area contributed by atoms with Crippen LogP contribution in [0.3, 0.4) is 0 Å². The van der Waals surface area contributed by atoms with E-state index < -0.39 is 0 Å². The predicted octanol–water partition coefficient (Wildman–Crippen LogP) is 6.59. The van der Waals surface area contributed by atoms with Crippen LogP contribution >= 0.6 is 0 Å². The van der Waals surface area contributed by atoms with E-state index in [1.54, 1.807) is 0 Å². The number of carbonyl (C=O) groups excluding carboxylic acids is 1. The maximum Gasteiger partial charge on any atom is 0.302 e. The van der Waals surface area contributed by atoms with Gasteiger partial charge in [-0.3, -0.25) is 4.79 Å². The van der Waals surface area contributed by atoms with E-state index in [-0.39, 0.29) is 5.97 Å². The van der Waals surface area contributed by atoms with Crippen molar-refractivity contribution in [2.75, 3.05) is 6.61 Å². The van der Waals surface area contributed by atoms with Gasteiger partial charge in [0.15, 0.2) is 0 Å². The first-order chi connectivity index (χ1) is 10.8. The lowest BCUT2D eigenvalue weighted by Gasteiger charge is -2.01. The van der Waals surface area contributed by atoms with Crippen LogP contribution in [-0.2, 0) is 9.53 Å². The van der Waals surface area contributed by atoms with Crippen LogP contribution in [0.4, 0.5) is 0 Å². The Bertz CT molecular complexity index is 258. The Labute approximate surface area is 138 Å². The van der Waals surface area contributed by atoms with Gasteiger partial charge in [0.05, 0.1) is 6.61 Å². The maximum absolute atomic E-state index is 10.6.